The van der Waals surface area contributed by atoms with E-state index in [4.69, 9.17) is 59.9 Å². The largest absolute Gasteiger partial charge is 0.480 e. The molecule has 0 aliphatic carbocycles. The van der Waals surface area contributed by atoms with Gasteiger partial charge in [0, 0.05) is 34.6 Å². The molecule has 2 aliphatic rings. The molecule has 51 heavy (non-hydrogen) atoms. The summed E-state index contributed by atoms with van der Waals surface area (Å²) in [6, 6.07) is -5.04. The van der Waals surface area contributed by atoms with Gasteiger partial charge in [0.2, 0.25) is 11.8 Å². The number of aliphatic hydroxyl groups excluding tert-OH is 3. The Hall–Kier alpha value is -4.07. The van der Waals surface area contributed by atoms with Crippen LogP contribution in [0.3, 0.4) is 0 Å². The molecular weight excluding hydrogens is 696 g/mol. The van der Waals surface area contributed by atoms with Gasteiger partial charge in [-0.1, -0.05) is 0 Å². The molecule has 0 aromatic carbocycles. The molecule has 292 valence electrons. The van der Waals surface area contributed by atoms with Crippen molar-refractivity contribution < 1.29 is 92.3 Å². The fourth-order valence-corrected chi connectivity index (χ4v) is 4.59. The third kappa shape index (κ3) is 15.0. The number of rotatable bonds is 15. The average molecular weight is 743 g/mol. The smallest absolute Gasteiger partial charge is 0.322 e. The number of hydrogen-bond acceptors (Lipinski definition) is 19. The van der Waals surface area contributed by atoms with Gasteiger partial charge in [-0.25, -0.2) is 0 Å². The van der Waals surface area contributed by atoms with Crippen LogP contribution in [-0.4, -0.2) is 167 Å². The molecule has 2 rings (SSSR count). The number of carboxylic acid groups (broad SMARTS) is 2. The van der Waals surface area contributed by atoms with Gasteiger partial charge in [0.25, 0.3) is 0 Å². The quantitative estimate of drug-likeness (QED) is 0.0558. The average Bonchev–Trinajstić information content (AvgIpc) is 3.02. The zero-order valence-corrected chi connectivity index (χ0v) is 28.4. The fraction of sp³-hybridized carbons (Fsp3) is 0.750. The molecule has 0 radical (unpaired) electrons. The first-order chi connectivity index (χ1) is 23.7. The second-order valence-corrected chi connectivity index (χ2v) is 11.2. The number of nitrogens with two attached hydrogens (primary N) is 2. The lowest BCUT2D eigenvalue weighted by Gasteiger charge is -2.45. The maximum atomic E-state index is 11.7. The van der Waals surface area contributed by atoms with Crippen LogP contribution in [0.5, 0.6) is 0 Å². The van der Waals surface area contributed by atoms with Gasteiger partial charge in [-0.15, -0.1) is 0 Å². The van der Waals surface area contributed by atoms with Crippen molar-refractivity contribution in [1.29, 1.82) is 0 Å². The third-order valence-electron chi connectivity index (χ3n) is 6.84. The molecule has 0 bridgehead atoms. The predicted octanol–water partition coefficient (Wildman–Crippen LogP) is -5.57. The molecule has 0 saturated carbocycles. The zero-order chi connectivity index (χ0) is 39.2. The lowest BCUT2D eigenvalue weighted by molar-refractivity contribution is -0.278. The summed E-state index contributed by atoms with van der Waals surface area (Å²) < 4.78 is 36.8. The van der Waals surface area contributed by atoms with Gasteiger partial charge in [-0.2, -0.15) is 0 Å². The SMILES string of the molecule is CC(=O)NC1[C@H](OC[C@H](N)C(=O)O)OC(CO)[C@@H](O)[C@@H]1O.CC(=O)NC1[C@H](OC[C@H](N)C(=O)O)OC(COC(C)=O)[C@@H](OC(C)=O)[C@H]1OC(C)=O. The second kappa shape index (κ2) is 21.3. The van der Waals surface area contributed by atoms with Crippen molar-refractivity contribution in [3.63, 3.8) is 0 Å². The Morgan fingerprint density at radius 2 is 1.10 bits per heavy atom. The van der Waals surface area contributed by atoms with Crippen molar-refractivity contribution in [3.8, 4) is 0 Å². The Morgan fingerprint density at radius 3 is 1.51 bits per heavy atom. The highest BCUT2D eigenvalue weighted by Crippen LogP contribution is 2.28. The standard InChI is InChI=1S/C17H26N2O11.C11H20N2O8/c1-7(20)19-13-15(29-10(4)23)14(28-9(3)22)12(6-26-8(2)21)30-17(13)27-5-11(18)16(24)25;1-4(15)13-7-9(17)8(16)6(2-14)21-11(7)20-3-5(12)10(18)19/h11-15,17H,5-6,18H2,1-4H3,(H,19,20)(H,24,25);5-9,11,14,16-17H,2-3,12H2,1H3,(H,13,15)(H,18,19)/t11-,12?,13?,14+,15-,17+;5-,6?,7?,8+,9+,11+/m00/s1. The van der Waals surface area contributed by atoms with Crippen LogP contribution in [-0.2, 0) is 66.7 Å². The predicted molar refractivity (Wildman–Crippen MR) is 162 cm³/mol. The highest BCUT2D eigenvalue weighted by atomic mass is 16.7. The number of hydrogen-bond donors (Lipinski definition) is 9. The van der Waals surface area contributed by atoms with Gasteiger partial charge < -0.3 is 80.8 Å². The number of carbonyl (C=O) groups is 7. The molecule has 0 aromatic rings. The van der Waals surface area contributed by atoms with Crippen molar-refractivity contribution in [2.75, 3.05) is 26.4 Å². The van der Waals surface area contributed by atoms with E-state index in [1.54, 1.807) is 0 Å². The number of carbonyl (C=O) groups excluding carboxylic acids is 5. The number of amides is 2. The zero-order valence-electron chi connectivity index (χ0n) is 28.4. The Balaban J connectivity index is 0.000000543. The first-order valence-electron chi connectivity index (χ1n) is 15.2. The van der Waals surface area contributed by atoms with E-state index in [1.807, 2.05) is 0 Å². The van der Waals surface area contributed by atoms with Crippen molar-refractivity contribution in [2.45, 2.75) is 108 Å². The number of aliphatic hydroxyl groups is 3. The van der Waals surface area contributed by atoms with Gasteiger partial charge >= 0.3 is 29.8 Å². The van der Waals surface area contributed by atoms with Crippen molar-refractivity contribution in [3.05, 3.63) is 0 Å². The number of nitrogens with one attached hydrogen (secondary N) is 2. The van der Waals surface area contributed by atoms with Crippen molar-refractivity contribution >= 4 is 41.7 Å². The lowest BCUT2D eigenvalue weighted by atomic mass is 9.96. The molecule has 2 amide bonds. The summed E-state index contributed by atoms with van der Waals surface area (Å²) in [6.07, 6.45) is -10.3. The molecule has 23 heteroatoms. The van der Waals surface area contributed by atoms with Crippen LogP contribution in [0, 0.1) is 0 Å². The number of aliphatic carboxylic acids is 2. The lowest BCUT2D eigenvalue weighted by Crippen LogP contribution is -2.66. The summed E-state index contributed by atoms with van der Waals surface area (Å²) in [5.41, 5.74) is 10.7. The highest BCUT2D eigenvalue weighted by Gasteiger charge is 2.51. The highest BCUT2D eigenvalue weighted by molar-refractivity contribution is 5.75. The molecule has 2 heterocycles. The van der Waals surface area contributed by atoms with Crippen LogP contribution < -0.4 is 22.1 Å². The van der Waals surface area contributed by atoms with E-state index in [0.29, 0.717) is 0 Å². The van der Waals surface area contributed by atoms with Crippen molar-refractivity contribution in [2.24, 2.45) is 11.5 Å². The molecule has 23 nitrogen and oxygen atoms in total. The Bertz CT molecular complexity index is 1220. The summed E-state index contributed by atoms with van der Waals surface area (Å²) >= 11 is 0. The Labute approximate surface area is 290 Å². The Morgan fingerprint density at radius 1 is 0.667 bits per heavy atom. The van der Waals surface area contributed by atoms with E-state index in [1.165, 1.54) is 13.8 Å². The fourth-order valence-electron chi connectivity index (χ4n) is 4.59. The Kier molecular flexibility index (Phi) is 18.8. The van der Waals surface area contributed by atoms with Crippen LogP contribution in [0.2, 0.25) is 0 Å². The first-order valence-corrected chi connectivity index (χ1v) is 15.2. The summed E-state index contributed by atoms with van der Waals surface area (Å²) in [6.45, 7) is 3.79. The van der Waals surface area contributed by atoms with Gasteiger partial charge in [0.05, 0.1) is 19.8 Å². The second-order valence-electron chi connectivity index (χ2n) is 11.2. The molecular formula is C28H46N4O19. The summed E-state index contributed by atoms with van der Waals surface area (Å²) in [5.74, 6) is -5.86. The molecule has 0 spiro atoms. The molecule has 2 fully saturated rings. The monoisotopic (exact) mass is 742 g/mol. The minimum Gasteiger partial charge on any atom is -0.480 e. The van der Waals surface area contributed by atoms with Crippen LogP contribution in [0.25, 0.3) is 0 Å². The van der Waals surface area contributed by atoms with Crippen LogP contribution in [0.15, 0.2) is 0 Å². The topological polar surface area (TPSA) is 361 Å². The maximum Gasteiger partial charge on any atom is 0.322 e. The molecule has 2 saturated heterocycles. The molecule has 12 atom stereocenters. The third-order valence-corrected chi connectivity index (χ3v) is 6.84. The molecule has 2 aliphatic heterocycles. The molecule has 4 unspecified atom stereocenters. The van der Waals surface area contributed by atoms with E-state index in [9.17, 15) is 43.8 Å². The van der Waals surface area contributed by atoms with Crippen molar-refractivity contribution in [1.82, 2.24) is 10.6 Å². The number of carboxylic acids is 2. The molecule has 0 aromatic heterocycles. The van der Waals surface area contributed by atoms with E-state index in [-0.39, 0.29) is 0 Å². The summed E-state index contributed by atoms with van der Waals surface area (Å²) in [4.78, 5) is 78.9. The number of ether oxygens (including phenoxy) is 7. The molecule has 11 N–H and O–H groups in total. The first kappa shape index (κ1) is 45.0. The number of esters is 3. The minimum absolute atomic E-state index is 0.400. The summed E-state index contributed by atoms with van der Waals surface area (Å²) in [7, 11) is 0. The van der Waals surface area contributed by atoms with E-state index in [2.05, 4.69) is 10.6 Å². The van der Waals surface area contributed by atoms with Gasteiger partial charge in [0.1, 0.15) is 55.2 Å². The van der Waals surface area contributed by atoms with E-state index in [0.717, 1.165) is 20.8 Å². The minimum atomic E-state index is -1.45. The van der Waals surface area contributed by atoms with Gasteiger partial charge in [0.15, 0.2) is 24.8 Å². The maximum absolute atomic E-state index is 11.7. The van der Waals surface area contributed by atoms with Crippen LogP contribution in [0.1, 0.15) is 34.6 Å². The van der Waals surface area contributed by atoms with Crippen LogP contribution in [0.4, 0.5) is 0 Å². The van der Waals surface area contributed by atoms with E-state index < -0.39 is 141 Å². The summed E-state index contributed by atoms with van der Waals surface area (Å²) in [5, 5.41) is 51.2. The van der Waals surface area contributed by atoms with Gasteiger partial charge in [-0.3, -0.25) is 33.6 Å². The van der Waals surface area contributed by atoms with Gasteiger partial charge in [-0.05, 0) is 0 Å². The van der Waals surface area contributed by atoms with Crippen LogP contribution >= 0.6 is 0 Å². The van der Waals surface area contributed by atoms with E-state index >= 15 is 0 Å². The normalized spacial score (nSPS) is 29.8.